The van der Waals surface area contributed by atoms with Gasteiger partial charge in [0.1, 0.15) is 35.2 Å². The van der Waals surface area contributed by atoms with Crippen LogP contribution < -0.4 is 5.32 Å². The van der Waals surface area contributed by atoms with Gasteiger partial charge in [-0.3, -0.25) is 9.69 Å². The lowest BCUT2D eigenvalue weighted by atomic mass is 9.97. The zero-order valence-corrected chi connectivity index (χ0v) is 15.4. The van der Waals surface area contributed by atoms with Gasteiger partial charge in [0.25, 0.3) is 0 Å². The van der Waals surface area contributed by atoms with Crippen LogP contribution in [0.3, 0.4) is 0 Å². The molecule has 0 unspecified atom stereocenters. The maximum Gasteiger partial charge on any atom is 0.432 e. The predicted octanol–water partition coefficient (Wildman–Crippen LogP) is 1.09. The van der Waals surface area contributed by atoms with Crippen LogP contribution in [0.15, 0.2) is 23.0 Å². The molecule has 0 aliphatic carbocycles. The van der Waals surface area contributed by atoms with E-state index in [-0.39, 0.29) is 31.4 Å². The molecule has 2 aliphatic heterocycles. The largest absolute Gasteiger partial charge is 0.432 e. The Morgan fingerprint density at radius 1 is 1.45 bits per heavy atom. The maximum absolute atomic E-state index is 12.7. The molecule has 1 amide bonds. The van der Waals surface area contributed by atoms with Crippen molar-refractivity contribution in [3.05, 3.63) is 35.7 Å². The number of halogens is 3. The molecular weight excluding hydrogens is 395 g/mol. The van der Waals surface area contributed by atoms with Crippen molar-refractivity contribution < 1.29 is 32.0 Å². The van der Waals surface area contributed by atoms with E-state index >= 15 is 0 Å². The van der Waals surface area contributed by atoms with Crippen LogP contribution in [0, 0.1) is 0 Å². The summed E-state index contributed by atoms with van der Waals surface area (Å²) in [5.41, 5.74) is -0.945. The molecule has 0 bridgehead atoms. The molecule has 0 saturated carbocycles. The number of carbonyl (C=O) groups excluding carboxylic acids is 1. The fourth-order valence-electron chi connectivity index (χ4n) is 3.56. The lowest BCUT2D eigenvalue weighted by Gasteiger charge is -2.39. The predicted molar refractivity (Wildman–Crippen MR) is 90.3 cm³/mol. The average molecular weight is 415 g/mol. The third-order valence-corrected chi connectivity index (χ3v) is 4.97. The number of aromatic nitrogens is 3. The van der Waals surface area contributed by atoms with E-state index in [2.05, 4.69) is 20.4 Å². The molecule has 29 heavy (non-hydrogen) atoms. The molecule has 4 heterocycles. The summed E-state index contributed by atoms with van der Waals surface area (Å²) in [5, 5.41) is 6.46. The number of aromatic amines is 1. The van der Waals surface area contributed by atoms with Crippen molar-refractivity contribution in [3.63, 3.8) is 0 Å². The van der Waals surface area contributed by atoms with Crippen molar-refractivity contribution in [2.45, 2.75) is 37.4 Å². The number of imidazole rings is 1. The monoisotopic (exact) mass is 415 g/mol. The average Bonchev–Trinajstić information content (AvgIpc) is 3.41. The fraction of sp³-hybridized carbons (Fsp3) is 0.588. The summed E-state index contributed by atoms with van der Waals surface area (Å²) in [5.74, 6) is -0.0401. The highest BCUT2D eigenvalue weighted by Gasteiger charge is 2.47. The Bertz CT molecular complexity index is 840. The van der Waals surface area contributed by atoms with E-state index < -0.39 is 23.6 Å². The van der Waals surface area contributed by atoms with Gasteiger partial charge >= 0.3 is 6.18 Å². The number of alkyl halides is 3. The Morgan fingerprint density at radius 2 is 2.31 bits per heavy atom. The van der Waals surface area contributed by atoms with E-state index in [9.17, 15) is 18.0 Å². The van der Waals surface area contributed by atoms with Crippen molar-refractivity contribution in [3.8, 4) is 0 Å². The highest BCUT2D eigenvalue weighted by Crippen LogP contribution is 2.32. The quantitative estimate of drug-likeness (QED) is 0.753. The van der Waals surface area contributed by atoms with E-state index in [1.165, 1.54) is 6.26 Å². The highest BCUT2D eigenvalue weighted by molar-refractivity contribution is 5.81. The van der Waals surface area contributed by atoms with Crippen LogP contribution in [0.25, 0.3) is 0 Å². The number of nitrogens with zero attached hydrogens (tertiary/aromatic N) is 3. The number of nitrogens with one attached hydrogen (secondary N) is 2. The molecule has 2 atom stereocenters. The Morgan fingerprint density at radius 3 is 3.03 bits per heavy atom. The first kappa shape index (κ1) is 19.9. The van der Waals surface area contributed by atoms with E-state index in [1.807, 2.05) is 4.90 Å². The number of rotatable bonds is 5. The van der Waals surface area contributed by atoms with Crippen LogP contribution in [-0.4, -0.2) is 63.9 Å². The van der Waals surface area contributed by atoms with Crippen molar-refractivity contribution in [2.75, 3.05) is 26.3 Å². The van der Waals surface area contributed by atoms with Crippen molar-refractivity contribution >= 4 is 5.91 Å². The molecule has 2 saturated heterocycles. The van der Waals surface area contributed by atoms with Gasteiger partial charge in [0.2, 0.25) is 5.91 Å². The second kappa shape index (κ2) is 7.76. The first-order valence-corrected chi connectivity index (χ1v) is 9.09. The van der Waals surface area contributed by atoms with E-state index in [0.29, 0.717) is 31.8 Å². The summed E-state index contributed by atoms with van der Waals surface area (Å²) in [6, 6.07) is 1.65. The van der Waals surface area contributed by atoms with Crippen LogP contribution in [-0.2, 0) is 33.5 Å². The second-order valence-electron chi connectivity index (χ2n) is 7.20. The van der Waals surface area contributed by atoms with Crippen LogP contribution in [0.2, 0.25) is 0 Å². The lowest BCUT2D eigenvalue weighted by molar-refractivity contribution is -0.141. The van der Waals surface area contributed by atoms with Gasteiger partial charge in [-0.1, -0.05) is 5.16 Å². The van der Waals surface area contributed by atoms with Gasteiger partial charge in [0.05, 0.1) is 32.5 Å². The normalized spacial score (nSPS) is 25.6. The van der Waals surface area contributed by atoms with Crippen molar-refractivity contribution in [1.29, 1.82) is 0 Å². The molecule has 2 aliphatic rings. The SMILES string of the molecule is O=C(NCc1ccon1)[C@@H]1C[C@]2(CO1)CN(Cc1ncc(C(F)(F)F)[nH]1)CCO2. The van der Waals surface area contributed by atoms with Crippen molar-refractivity contribution in [2.24, 2.45) is 0 Å². The molecule has 12 heteroatoms. The van der Waals surface area contributed by atoms with Crippen LogP contribution >= 0.6 is 0 Å². The molecule has 9 nitrogen and oxygen atoms in total. The number of H-pyrrole nitrogens is 1. The Kier molecular flexibility index (Phi) is 5.32. The lowest BCUT2D eigenvalue weighted by Crippen LogP contribution is -2.52. The minimum absolute atomic E-state index is 0.226. The smallest absolute Gasteiger partial charge is 0.370 e. The van der Waals surface area contributed by atoms with Crippen LogP contribution in [0.1, 0.15) is 23.6 Å². The van der Waals surface area contributed by atoms with E-state index in [1.54, 1.807) is 6.07 Å². The molecular formula is C17H20F3N5O4. The number of amides is 1. The summed E-state index contributed by atoms with van der Waals surface area (Å²) in [6.07, 6.45) is -2.55. The molecule has 158 valence electrons. The first-order chi connectivity index (χ1) is 13.8. The number of ether oxygens (including phenoxy) is 2. The fourth-order valence-corrected chi connectivity index (χ4v) is 3.56. The van der Waals surface area contributed by atoms with Gasteiger partial charge < -0.3 is 24.3 Å². The van der Waals surface area contributed by atoms with E-state index in [4.69, 9.17) is 14.0 Å². The Balaban J connectivity index is 1.32. The van der Waals surface area contributed by atoms with Gasteiger partial charge in [-0.15, -0.1) is 0 Å². The van der Waals surface area contributed by atoms with Gasteiger partial charge in [-0.2, -0.15) is 13.2 Å². The molecule has 0 aromatic carbocycles. The third kappa shape index (κ3) is 4.60. The van der Waals surface area contributed by atoms with Gasteiger partial charge in [-0.25, -0.2) is 4.98 Å². The summed E-state index contributed by atoms with van der Waals surface area (Å²) >= 11 is 0. The maximum atomic E-state index is 12.7. The second-order valence-corrected chi connectivity index (χ2v) is 7.20. The highest BCUT2D eigenvalue weighted by atomic mass is 19.4. The Hall–Kier alpha value is -2.44. The molecule has 2 aromatic heterocycles. The van der Waals surface area contributed by atoms with Gasteiger partial charge in [0, 0.05) is 25.6 Å². The summed E-state index contributed by atoms with van der Waals surface area (Å²) in [6.45, 7) is 2.06. The third-order valence-electron chi connectivity index (χ3n) is 4.97. The summed E-state index contributed by atoms with van der Waals surface area (Å²) in [7, 11) is 0. The topological polar surface area (TPSA) is 106 Å². The van der Waals surface area contributed by atoms with E-state index in [0.717, 1.165) is 6.20 Å². The minimum Gasteiger partial charge on any atom is -0.370 e. The van der Waals surface area contributed by atoms with Crippen LogP contribution in [0.4, 0.5) is 13.2 Å². The molecule has 2 fully saturated rings. The number of carbonyl (C=O) groups is 1. The van der Waals surface area contributed by atoms with Gasteiger partial charge in [0.15, 0.2) is 0 Å². The standard InChI is InChI=1S/C17H20F3N5O4/c18-17(19,20)13-7-21-14(23-13)8-25-2-4-28-16(9-25)5-12(27-10-16)15(26)22-6-11-1-3-29-24-11/h1,3,7,12H,2,4-6,8-10H2,(H,21,23)(H,22,26)/t12-,16+/m0/s1. The zero-order chi connectivity index (χ0) is 20.5. The van der Waals surface area contributed by atoms with Gasteiger partial charge in [-0.05, 0) is 0 Å². The number of hydrogen-bond acceptors (Lipinski definition) is 7. The molecule has 1 spiro atoms. The Labute approximate surface area is 163 Å². The number of morpholine rings is 1. The first-order valence-electron chi connectivity index (χ1n) is 9.09. The van der Waals surface area contributed by atoms with Crippen LogP contribution in [0.5, 0.6) is 0 Å². The zero-order valence-electron chi connectivity index (χ0n) is 15.4. The van der Waals surface area contributed by atoms with Crippen molar-refractivity contribution in [1.82, 2.24) is 25.3 Å². The molecule has 4 rings (SSSR count). The minimum atomic E-state index is -4.46. The summed E-state index contributed by atoms with van der Waals surface area (Å²) < 4.78 is 54.4. The molecule has 0 radical (unpaired) electrons. The molecule has 2 aromatic rings. The summed E-state index contributed by atoms with van der Waals surface area (Å²) in [4.78, 5) is 20.4. The number of hydrogen-bond donors (Lipinski definition) is 2. The molecule has 2 N–H and O–H groups in total.